The summed E-state index contributed by atoms with van der Waals surface area (Å²) in [5.41, 5.74) is 1.32. The van der Waals surface area contributed by atoms with Crippen molar-refractivity contribution in [2.75, 3.05) is 6.54 Å². The van der Waals surface area contributed by atoms with E-state index < -0.39 is 0 Å². The molecule has 18 heavy (non-hydrogen) atoms. The van der Waals surface area contributed by atoms with E-state index >= 15 is 0 Å². The average Bonchev–Trinajstić information content (AvgIpc) is 2.64. The Bertz CT molecular complexity index is 382. The predicted octanol–water partition coefficient (Wildman–Crippen LogP) is 4.07. The van der Waals surface area contributed by atoms with Crippen LogP contribution in [0.4, 0.5) is 0 Å². The predicted molar refractivity (Wildman–Crippen MR) is 78.7 cm³/mol. The summed E-state index contributed by atoms with van der Waals surface area (Å²) in [5.74, 6) is 0.900. The third-order valence-corrected chi connectivity index (χ3v) is 4.46. The molecule has 0 amide bonds. The lowest BCUT2D eigenvalue weighted by molar-refractivity contribution is 0.255. The normalized spacial score (nSPS) is 18.1. The van der Waals surface area contributed by atoms with Gasteiger partial charge in [0.25, 0.3) is 0 Å². The van der Waals surface area contributed by atoms with E-state index in [1.54, 1.807) is 0 Å². The minimum absolute atomic E-state index is 0.411. The number of hydrogen-bond acceptors (Lipinski definition) is 2. The van der Waals surface area contributed by atoms with Crippen molar-refractivity contribution < 1.29 is 0 Å². The molecule has 2 rings (SSSR count). The molecule has 1 heterocycles. The van der Waals surface area contributed by atoms with E-state index in [4.69, 9.17) is 0 Å². The number of nitrogens with zero attached hydrogens (tertiary/aromatic N) is 2. The molecule has 1 unspecified atom stereocenters. The van der Waals surface area contributed by atoms with E-state index in [0.29, 0.717) is 12.1 Å². The van der Waals surface area contributed by atoms with Gasteiger partial charge in [0.05, 0.1) is 22.4 Å². The molecule has 0 radical (unpaired) electrons. The lowest BCUT2D eigenvalue weighted by Gasteiger charge is -2.31. The monoisotopic (exact) mass is 313 g/mol. The van der Waals surface area contributed by atoms with Gasteiger partial charge in [0.15, 0.2) is 0 Å². The SMILES string of the molecule is CCNC(CC1CCC1)c1c(Br)cnn1C(C)C. The van der Waals surface area contributed by atoms with Gasteiger partial charge in [0.2, 0.25) is 0 Å². The van der Waals surface area contributed by atoms with Crippen LogP contribution in [0.5, 0.6) is 0 Å². The van der Waals surface area contributed by atoms with Crippen LogP contribution in [0.25, 0.3) is 0 Å². The Morgan fingerprint density at radius 1 is 1.50 bits per heavy atom. The lowest BCUT2D eigenvalue weighted by Crippen LogP contribution is -2.28. The highest BCUT2D eigenvalue weighted by molar-refractivity contribution is 9.10. The maximum Gasteiger partial charge on any atom is 0.0698 e. The molecule has 3 nitrogen and oxygen atoms in total. The summed E-state index contributed by atoms with van der Waals surface area (Å²) < 4.78 is 3.29. The number of rotatable bonds is 6. The van der Waals surface area contributed by atoms with Crippen LogP contribution in [-0.4, -0.2) is 16.3 Å². The fraction of sp³-hybridized carbons (Fsp3) is 0.786. The van der Waals surface area contributed by atoms with Gasteiger partial charge in [-0.3, -0.25) is 4.68 Å². The van der Waals surface area contributed by atoms with Crippen LogP contribution in [-0.2, 0) is 0 Å². The molecule has 1 aromatic heterocycles. The molecule has 1 saturated carbocycles. The minimum Gasteiger partial charge on any atom is -0.309 e. The Labute approximate surface area is 118 Å². The van der Waals surface area contributed by atoms with Crippen LogP contribution in [0.2, 0.25) is 0 Å². The molecular formula is C14H24BrN3. The maximum absolute atomic E-state index is 4.50. The first kappa shape index (κ1) is 14.1. The molecule has 102 valence electrons. The zero-order valence-electron chi connectivity index (χ0n) is 11.6. The van der Waals surface area contributed by atoms with Gasteiger partial charge in [-0.05, 0) is 48.7 Å². The summed E-state index contributed by atoms with van der Waals surface area (Å²) >= 11 is 3.66. The number of hydrogen-bond donors (Lipinski definition) is 1. The van der Waals surface area contributed by atoms with Crippen molar-refractivity contribution in [3.8, 4) is 0 Å². The second-order valence-corrected chi connectivity index (χ2v) is 6.41. The molecular weight excluding hydrogens is 290 g/mol. The Kier molecular flexibility index (Phi) is 4.84. The Morgan fingerprint density at radius 3 is 2.72 bits per heavy atom. The van der Waals surface area contributed by atoms with Crippen molar-refractivity contribution in [3.63, 3.8) is 0 Å². The zero-order valence-corrected chi connectivity index (χ0v) is 13.2. The Hall–Kier alpha value is -0.350. The first-order valence-corrected chi connectivity index (χ1v) is 7.89. The van der Waals surface area contributed by atoms with E-state index in [2.05, 4.69) is 51.8 Å². The van der Waals surface area contributed by atoms with Crippen LogP contribution in [0.3, 0.4) is 0 Å². The summed E-state index contributed by atoms with van der Waals surface area (Å²) in [4.78, 5) is 0. The third-order valence-electron chi connectivity index (χ3n) is 3.85. The molecule has 1 atom stereocenters. The molecule has 1 fully saturated rings. The van der Waals surface area contributed by atoms with Crippen LogP contribution in [0.1, 0.15) is 64.2 Å². The van der Waals surface area contributed by atoms with Gasteiger partial charge in [0, 0.05) is 6.04 Å². The third kappa shape index (κ3) is 2.97. The average molecular weight is 314 g/mol. The fourth-order valence-corrected chi connectivity index (χ4v) is 3.24. The van der Waals surface area contributed by atoms with Crippen LogP contribution in [0.15, 0.2) is 10.7 Å². The summed E-state index contributed by atoms with van der Waals surface area (Å²) in [5, 5.41) is 8.13. The van der Waals surface area contributed by atoms with Crippen LogP contribution >= 0.6 is 15.9 Å². The first-order chi connectivity index (χ1) is 8.63. The maximum atomic E-state index is 4.50. The van der Waals surface area contributed by atoms with Crippen molar-refractivity contribution >= 4 is 15.9 Å². The van der Waals surface area contributed by atoms with Crippen LogP contribution < -0.4 is 5.32 Å². The van der Waals surface area contributed by atoms with Crippen LogP contribution in [0, 0.1) is 5.92 Å². The van der Waals surface area contributed by atoms with Gasteiger partial charge in [-0.1, -0.05) is 26.2 Å². The van der Waals surface area contributed by atoms with Crippen molar-refractivity contribution in [1.82, 2.24) is 15.1 Å². The van der Waals surface area contributed by atoms with E-state index in [1.807, 2.05) is 6.20 Å². The van der Waals surface area contributed by atoms with E-state index in [1.165, 1.54) is 31.4 Å². The smallest absolute Gasteiger partial charge is 0.0698 e. The molecule has 0 aliphatic heterocycles. The zero-order chi connectivity index (χ0) is 13.1. The molecule has 0 bridgehead atoms. The molecule has 1 aromatic rings. The highest BCUT2D eigenvalue weighted by Gasteiger charge is 2.26. The largest absolute Gasteiger partial charge is 0.309 e. The molecule has 0 aromatic carbocycles. The molecule has 1 N–H and O–H groups in total. The fourth-order valence-electron chi connectivity index (χ4n) is 2.69. The van der Waals surface area contributed by atoms with Gasteiger partial charge in [-0.15, -0.1) is 0 Å². The quantitative estimate of drug-likeness (QED) is 0.858. The molecule has 0 spiro atoms. The van der Waals surface area contributed by atoms with E-state index in [0.717, 1.165) is 16.9 Å². The van der Waals surface area contributed by atoms with E-state index in [9.17, 15) is 0 Å². The molecule has 0 saturated heterocycles. The summed E-state index contributed by atoms with van der Waals surface area (Å²) in [6, 6.07) is 0.841. The minimum atomic E-state index is 0.411. The van der Waals surface area contributed by atoms with Crippen molar-refractivity contribution in [3.05, 3.63) is 16.4 Å². The van der Waals surface area contributed by atoms with Gasteiger partial charge >= 0.3 is 0 Å². The second-order valence-electron chi connectivity index (χ2n) is 5.56. The van der Waals surface area contributed by atoms with Gasteiger partial charge in [-0.25, -0.2) is 0 Å². The molecule has 4 heteroatoms. The Morgan fingerprint density at radius 2 is 2.22 bits per heavy atom. The van der Waals surface area contributed by atoms with Crippen molar-refractivity contribution in [2.45, 2.75) is 58.5 Å². The van der Waals surface area contributed by atoms with Gasteiger partial charge in [-0.2, -0.15) is 5.10 Å². The summed E-state index contributed by atoms with van der Waals surface area (Å²) in [6.45, 7) is 7.56. The van der Waals surface area contributed by atoms with Gasteiger partial charge in [0.1, 0.15) is 0 Å². The van der Waals surface area contributed by atoms with E-state index in [-0.39, 0.29) is 0 Å². The topological polar surface area (TPSA) is 29.9 Å². The Balaban J connectivity index is 2.19. The first-order valence-electron chi connectivity index (χ1n) is 7.09. The van der Waals surface area contributed by atoms with Gasteiger partial charge < -0.3 is 5.32 Å². The summed E-state index contributed by atoms with van der Waals surface area (Å²) in [7, 11) is 0. The highest BCUT2D eigenvalue weighted by Crippen LogP contribution is 2.37. The highest BCUT2D eigenvalue weighted by atomic mass is 79.9. The van der Waals surface area contributed by atoms with Crippen molar-refractivity contribution in [1.29, 1.82) is 0 Å². The number of halogens is 1. The standard InChI is InChI=1S/C14H24BrN3/c1-4-16-13(8-11-6-5-7-11)14-12(15)9-17-18(14)10(2)3/h9-11,13,16H,4-8H2,1-3H3. The van der Waals surface area contributed by atoms with Crippen molar-refractivity contribution in [2.24, 2.45) is 5.92 Å². The molecule has 1 aliphatic carbocycles. The molecule has 1 aliphatic rings. The lowest BCUT2D eigenvalue weighted by atomic mass is 9.80. The second kappa shape index (κ2) is 6.20. The number of nitrogens with one attached hydrogen (secondary N) is 1. The number of aromatic nitrogens is 2. The summed E-state index contributed by atoms with van der Waals surface area (Å²) in [6.07, 6.45) is 7.38.